The molecule has 2 amide bonds. The summed E-state index contributed by atoms with van der Waals surface area (Å²) in [5, 5.41) is 3.13. The molecule has 100 valence electrons. The van der Waals surface area contributed by atoms with Crippen LogP contribution in [-0.4, -0.2) is 18.8 Å². The van der Waals surface area contributed by atoms with Crippen molar-refractivity contribution in [3.05, 3.63) is 23.8 Å². The molecule has 0 saturated heterocycles. The molecule has 0 unspecified atom stereocenters. The zero-order chi connectivity index (χ0) is 13.9. The Morgan fingerprint density at radius 1 is 1.28 bits per heavy atom. The fourth-order valence-corrected chi connectivity index (χ4v) is 1.03. The number of amides is 2. The molecule has 4 N–H and O–H groups in total. The summed E-state index contributed by atoms with van der Waals surface area (Å²) in [5.74, 6) is -2.73. The molecular formula is C9H8F5N3O. The van der Waals surface area contributed by atoms with Gasteiger partial charge >= 0.3 is 12.2 Å². The van der Waals surface area contributed by atoms with Crippen molar-refractivity contribution >= 4 is 17.4 Å². The lowest BCUT2D eigenvalue weighted by molar-refractivity contribution is -0.122. The Kier molecular flexibility index (Phi) is 3.94. The van der Waals surface area contributed by atoms with E-state index in [1.807, 2.05) is 0 Å². The first-order valence-corrected chi connectivity index (χ1v) is 4.56. The molecule has 0 fully saturated rings. The van der Waals surface area contributed by atoms with Gasteiger partial charge in [0.15, 0.2) is 11.6 Å². The minimum absolute atomic E-state index is 0.309. The van der Waals surface area contributed by atoms with Crippen LogP contribution in [0.5, 0.6) is 0 Å². The number of halogens is 5. The van der Waals surface area contributed by atoms with E-state index in [2.05, 4.69) is 0 Å². The summed E-state index contributed by atoms with van der Waals surface area (Å²) < 4.78 is 61.3. The van der Waals surface area contributed by atoms with Gasteiger partial charge < -0.3 is 16.4 Å². The molecule has 0 aliphatic rings. The molecule has 0 bridgehead atoms. The molecule has 1 rings (SSSR count). The van der Waals surface area contributed by atoms with Crippen LogP contribution >= 0.6 is 0 Å². The minimum atomic E-state index is -4.61. The van der Waals surface area contributed by atoms with Crippen LogP contribution in [0.3, 0.4) is 0 Å². The number of anilines is 2. The second kappa shape index (κ2) is 5.07. The van der Waals surface area contributed by atoms with Crippen molar-refractivity contribution in [1.29, 1.82) is 0 Å². The van der Waals surface area contributed by atoms with Gasteiger partial charge in [-0.25, -0.2) is 13.6 Å². The Labute approximate surface area is 98.0 Å². The molecule has 0 spiro atoms. The van der Waals surface area contributed by atoms with Crippen molar-refractivity contribution in [2.45, 2.75) is 6.18 Å². The van der Waals surface area contributed by atoms with Gasteiger partial charge in [-0.05, 0) is 12.1 Å². The Morgan fingerprint density at radius 3 is 2.44 bits per heavy atom. The van der Waals surface area contributed by atoms with E-state index < -0.39 is 36.1 Å². The van der Waals surface area contributed by atoms with E-state index in [-0.39, 0.29) is 5.69 Å². The molecule has 0 aliphatic carbocycles. The lowest BCUT2D eigenvalue weighted by Crippen LogP contribution is -2.37. The number of carbonyl (C=O) groups is 1. The number of nitrogens with two attached hydrogens (primary N) is 1. The largest absolute Gasteiger partial charge is 0.405 e. The normalized spacial score (nSPS) is 11.2. The molecule has 0 radical (unpaired) electrons. The SMILES string of the molecule is Nc1ccc(F)c(F)c1NC(=O)NCC(F)(F)F. The molecule has 0 aromatic heterocycles. The van der Waals surface area contributed by atoms with Gasteiger partial charge in [0.2, 0.25) is 0 Å². The molecule has 0 heterocycles. The van der Waals surface area contributed by atoms with Crippen LogP contribution in [0.1, 0.15) is 0 Å². The topological polar surface area (TPSA) is 67.1 Å². The van der Waals surface area contributed by atoms with Crippen molar-refractivity contribution in [2.24, 2.45) is 0 Å². The van der Waals surface area contributed by atoms with E-state index in [9.17, 15) is 26.7 Å². The van der Waals surface area contributed by atoms with Crippen molar-refractivity contribution in [1.82, 2.24) is 5.32 Å². The Morgan fingerprint density at radius 2 is 1.89 bits per heavy atom. The van der Waals surface area contributed by atoms with Gasteiger partial charge in [-0.2, -0.15) is 13.2 Å². The molecular weight excluding hydrogens is 261 g/mol. The summed E-state index contributed by atoms with van der Waals surface area (Å²) in [6.45, 7) is -1.60. The predicted molar refractivity (Wildman–Crippen MR) is 53.8 cm³/mol. The second-order valence-electron chi connectivity index (χ2n) is 3.25. The molecule has 0 aliphatic heterocycles. The predicted octanol–water partition coefficient (Wildman–Crippen LogP) is 2.23. The average Bonchev–Trinajstić information content (AvgIpc) is 2.26. The number of rotatable bonds is 2. The van der Waals surface area contributed by atoms with Gasteiger partial charge in [0.1, 0.15) is 12.2 Å². The van der Waals surface area contributed by atoms with Crippen molar-refractivity contribution < 1.29 is 26.7 Å². The van der Waals surface area contributed by atoms with E-state index in [1.54, 1.807) is 5.32 Å². The molecule has 1 aromatic carbocycles. The summed E-state index contributed by atoms with van der Waals surface area (Å²) in [7, 11) is 0. The van der Waals surface area contributed by atoms with Gasteiger partial charge in [-0.1, -0.05) is 0 Å². The van der Waals surface area contributed by atoms with Gasteiger partial charge in [-0.3, -0.25) is 0 Å². The molecule has 0 saturated carbocycles. The molecule has 9 heteroatoms. The van der Waals surface area contributed by atoms with Gasteiger partial charge in [0.25, 0.3) is 0 Å². The van der Waals surface area contributed by atoms with Crippen LogP contribution in [0.4, 0.5) is 38.1 Å². The average molecular weight is 269 g/mol. The number of hydrogen-bond donors (Lipinski definition) is 3. The summed E-state index contributed by atoms with van der Waals surface area (Å²) in [6, 6.07) is 0.352. The van der Waals surface area contributed by atoms with Gasteiger partial charge in [0, 0.05) is 0 Å². The van der Waals surface area contributed by atoms with Gasteiger partial charge in [0.05, 0.1) is 5.69 Å². The van der Waals surface area contributed by atoms with E-state index >= 15 is 0 Å². The first kappa shape index (κ1) is 14.0. The van der Waals surface area contributed by atoms with E-state index in [1.165, 1.54) is 5.32 Å². The molecule has 4 nitrogen and oxygen atoms in total. The van der Waals surface area contributed by atoms with Gasteiger partial charge in [-0.15, -0.1) is 0 Å². The van der Waals surface area contributed by atoms with Crippen LogP contribution in [0.2, 0.25) is 0 Å². The summed E-state index contributed by atoms with van der Waals surface area (Å²) in [6.07, 6.45) is -4.61. The lowest BCUT2D eigenvalue weighted by atomic mass is 10.2. The highest BCUT2D eigenvalue weighted by Gasteiger charge is 2.28. The third-order valence-electron chi connectivity index (χ3n) is 1.81. The first-order chi connectivity index (χ1) is 8.20. The Bertz CT molecular complexity index is 460. The maximum Gasteiger partial charge on any atom is 0.405 e. The van der Waals surface area contributed by atoms with E-state index in [0.717, 1.165) is 12.1 Å². The first-order valence-electron chi connectivity index (χ1n) is 4.56. The zero-order valence-corrected chi connectivity index (χ0v) is 8.74. The number of nitrogen functional groups attached to an aromatic ring is 1. The standard InChI is InChI=1S/C9H8F5N3O/c10-4-1-2-5(15)7(6(4)11)17-8(18)16-3-9(12,13)14/h1-2H,3,15H2,(H2,16,17,18). The number of alkyl halides is 3. The highest BCUT2D eigenvalue weighted by atomic mass is 19.4. The van der Waals surface area contributed by atoms with Crippen molar-refractivity contribution in [3.8, 4) is 0 Å². The second-order valence-corrected chi connectivity index (χ2v) is 3.25. The fourth-order valence-electron chi connectivity index (χ4n) is 1.03. The lowest BCUT2D eigenvalue weighted by Gasteiger charge is -2.12. The van der Waals surface area contributed by atoms with Crippen molar-refractivity contribution in [3.63, 3.8) is 0 Å². The number of carbonyl (C=O) groups excluding carboxylic acids is 1. The van der Waals surface area contributed by atoms with Crippen LogP contribution in [0, 0.1) is 11.6 Å². The highest BCUT2D eigenvalue weighted by molar-refractivity contribution is 5.92. The summed E-state index contributed by atoms with van der Waals surface area (Å²) >= 11 is 0. The minimum Gasteiger partial charge on any atom is -0.397 e. The summed E-state index contributed by atoms with van der Waals surface area (Å²) in [4.78, 5) is 11.0. The van der Waals surface area contributed by atoms with Crippen LogP contribution < -0.4 is 16.4 Å². The molecule has 18 heavy (non-hydrogen) atoms. The van der Waals surface area contributed by atoms with Crippen LogP contribution in [0.15, 0.2) is 12.1 Å². The quantitative estimate of drug-likeness (QED) is 0.569. The number of urea groups is 1. The third-order valence-corrected chi connectivity index (χ3v) is 1.81. The number of benzene rings is 1. The maximum absolute atomic E-state index is 13.2. The van der Waals surface area contributed by atoms with Crippen LogP contribution in [-0.2, 0) is 0 Å². The van der Waals surface area contributed by atoms with E-state index in [4.69, 9.17) is 5.73 Å². The monoisotopic (exact) mass is 269 g/mol. The van der Waals surface area contributed by atoms with Crippen LogP contribution in [0.25, 0.3) is 0 Å². The smallest absolute Gasteiger partial charge is 0.397 e. The zero-order valence-electron chi connectivity index (χ0n) is 8.74. The molecule has 1 aromatic rings. The fraction of sp³-hybridized carbons (Fsp3) is 0.222. The maximum atomic E-state index is 13.2. The van der Waals surface area contributed by atoms with Crippen molar-refractivity contribution in [2.75, 3.05) is 17.6 Å². The van der Waals surface area contributed by atoms with E-state index in [0.29, 0.717) is 0 Å². The Balaban J connectivity index is 2.74. The Hall–Kier alpha value is -2.06. The molecule has 0 atom stereocenters. The third kappa shape index (κ3) is 3.75. The number of nitrogens with one attached hydrogen (secondary N) is 2. The number of hydrogen-bond acceptors (Lipinski definition) is 2. The summed E-state index contributed by atoms with van der Waals surface area (Å²) in [5.41, 5.74) is 4.23. The highest BCUT2D eigenvalue weighted by Crippen LogP contribution is 2.24.